The number of hydrogen-bond donors (Lipinski definition) is 2. The van der Waals surface area contributed by atoms with Crippen molar-refractivity contribution < 1.29 is 9.32 Å². The van der Waals surface area contributed by atoms with Crippen molar-refractivity contribution in [3.8, 4) is 34.0 Å². The van der Waals surface area contributed by atoms with Crippen molar-refractivity contribution in [1.29, 1.82) is 0 Å². The van der Waals surface area contributed by atoms with Crippen LogP contribution in [0.5, 0.6) is 0 Å². The van der Waals surface area contributed by atoms with Crippen LogP contribution in [0.15, 0.2) is 64.2 Å². The molecule has 1 amide bonds. The first-order valence-electron chi connectivity index (χ1n) is 10.4. The van der Waals surface area contributed by atoms with E-state index in [1.54, 1.807) is 31.5 Å². The van der Waals surface area contributed by atoms with Crippen molar-refractivity contribution >= 4 is 5.91 Å². The minimum Gasteiger partial charge on any atom is -0.368 e. The van der Waals surface area contributed by atoms with Crippen LogP contribution < -0.4 is 17.0 Å². The van der Waals surface area contributed by atoms with Crippen molar-refractivity contribution in [2.75, 3.05) is 0 Å². The molecule has 0 saturated carbocycles. The molecule has 4 N–H and O–H groups in total. The maximum Gasteiger partial charge on any atom is 0.251 e. The highest BCUT2D eigenvalue weighted by molar-refractivity contribution is 5.78. The zero-order valence-corrected chi connectivity index (χ0v) is 18.5. The Kier molecular flexibility index (Phi) is 5.89. The number of nitrogens with zero attached hydrogens (tertiary/aromatic N) is 4. The Bertz CT molecular complexity index is 1390. The predicted octanol–water partition coefficient (Wildman–Crippen LogP) is 3.00. The van der Waals surface area contributed by atoms with Gasteiger partial charge >= 0.3 is 0 Å². The van der Waals surface area contributed by atoms with E-state index in [1.807, 2.05) is 38.1 Å². The van der Waals surface area contributed by atoms with E-state index in [1.165, 1.54) is 10.6 Å². The standard InChI is InChI=1S/C24H24N6O3/c1-13(25)16-5-4-6-17(9-16)19-10-21(33-29-19)23-14(2)27-11-20(28-23)18-7-8-22(31)30(12-18)15(3)24(26)32/h4-13,15H,25H2,1-3H3,(H2,26,32). The molecule has 4 rings (SSSR count). The van der Waals surface area contributed by atoms with Crippen molar-refractivity contribution in [2.45, 2.75) is 32.9 Å². The molecule has 2 unspecified atom stereocenters. The lowest BCUT2D eigenvalue weighted by molar-refractivity contribution is -0.120. The number of hydrogen-bond acceptors (Lipinski definition) is 7. The summed E-state index contributed by atoms with van der Waals surface area (Å²) in [5.74, 6) is -0.144. The SMILES string of the molecule is Cc1ncc(-c2ccc(=O)n(C(C)C(N)=O)c2)nc1-c1cc(-c2cccc(C(C)N)c2)no1. The maximum absolute atomic E-state index is 12.2. The summed E-state index contributed by atoms with van der Waals surface area (Å²) in [6.45, 7) is 5.31. The van der Waals surface area contributed by atoms with E-state index in [-0.39, 0.29) is 11.6 Å². The van der Waals surface area contributed by atoms with Gasteiger partial charge in [-0.15, -0.1) is 0 Å². The number of benzene rings is 1. The summed E-state index contributed by atoms with van der Waals surface area (Å²) in [4.78, 5) is 32.9. The number of aromatic nitrogens is 4. The Labute approximate surface area is 190 Å². The van der Waals surface area contributed by atoms with Gasteiger partial charge in [0.15, 0.2) is 5.76 Å². The molecule has 0 saturated heterocycles. The van der Waals surface area contributed by atoms with Gasteiger partial charge < -0.3 is 20.6 Å². The van der Waals surface area contributed by atoms with Crippen LogP contribution in [0, 0.1) is 6.92 Å². The maximum atomic E-state index is 12.2. The van der Waals surface area contributed by atoms with E-state index < -0.39 is 11.9 Å². The van der Waals surface area contributed by atoms with Crippen LogP contribution >= 0.6 is 0 Å². The molecule has 9 nitrogen and oxygen atoms in total. The average Bonchev–Trinajstić information content (AvgIpc) is 3.29. The lowest BCUT2D eigenvalue weighted by Gasteiger charge is -2.13. The van der Waals surface area contributed by atoms with Gasteiger partial charge in [-0.3, -0.25) is 14.6 Å². The van der Waals surface area contributed by atoms with Crippen molar-refractivity contribution in [1.82, 2.24) is 19.7 Å². The molecule has 0 aliphatic rings. The molecule has 0 spiro atoms. The Balaban J connectivity index is 1.73. The molecule has 2 atom stereocenters. The molecular formula is C24H24N6O3. The van der Waals surface area contributed by atoms with Crippen LogP contribution in [0.2, 0.25) is 0 Å². The highest BCUT2D eigenvalue weighted by Crippen LogP contribution is 2.29. The van der Waals surface area contributed by atoms with Gasteiger partial charge in [0.25, 0.3) is 5.56 Å². The fourth-order valence-corrected chi connectivity index (χ4v) is 3.42. The zero-order chi connectivity index (χ0) is 23.7. The molecule has 0 bridgehead atoms. The first-order valence-corrected chi connectivity index (χ1v) is 10.4. The summed E-state index contributed by atoms with van der Waals surface area (Å²) in [6, 6.07) is 11.7. The zero-order valence-electron chi connectivity index (χ0n) is 18.5. The van der Waals surface area contributed by atoms with Crippen LogP contribution in [0.3, 0.4) is 0 Å². The number of nitrogens with two attached hydrogens (primary N) is 2. The quantitative estimate of drug-likeness (QED) is 0.465. The monoisotopic (exact) mass is 444 g/mol. The molecule has 33 heavy (non-hydrogen) atoms. The third-order valence-electron chi connectivity index (χ3n) is 5.47. The Morgan fingerprint density at radius 1 is 1.09 bits per heavy atom. The van der Waals surface area contributed by atoms with E-state index in [0.717, 1.165) is 11.1 Å². The highest BCUT2D eigenvalue weighted by Gasteiger charge is 2.17. The first-order chi connectivity index (χ1) is 15.7. The molecule has 9 heteroatoms. The van der Waals surface area contributed by atoms with E-state index in [2.05, 4.69) is 10.1 Å². The van der Waals surface area contributed by atoms with Crippen LogP contribution in [-0.4, -0.2) is 25.6 Å². The fraction of sp³-hybridized carbons (Fsp3) is 0.208. The lowest BCUT2D eigenvalue weighted by Crippen LogP contribution is -2.31. The Morgan fingerprint density at radius 2 is 1.88 bits per heavy atom. The predicted molar refractivity (Wildman–Crippen MR) is 124 cm³/mol. The minimum atomic E-state index is -0.792. The van der Waals surface area contributed by atoms with Gasteiger partial charge in [0.05, 0.1) is 17.6 Å². The molecule has 168 valence electrons. The Morgan fingerprint density at radius 3 is 2.61 bits per heavy atom. The van der Waals surface area contributed by atoms with Gasteiger partial charge in [-0.2, -0.15) is 0 Å². The topological polar surface area (TPSA) is 143 Å². The second-order valence-electron chi connectivity index (χ2n) is 7.92. The molecule has 1 aromatic carbocycles. The summed E-state index contributed by atoms with van der Waals surface area (Å²) in [5, 5.41) is 4.19. The van der Waals surface area contributed by atoms with Crippen LogP contribution in [0.1, 0.15) is 37.2 Å². The molecule has 3 heterocycles. The number of primary amides is 1. The van der Waals surface area contributed by atoms with Gasteiger partial charge in [0.2, 0.25) is 5.91 Å². The molecule has 0 fully saturated rings. The highest BCUT2D eigenvalue weighted by atomic mass is 16.5. The third kappa shape index (κ3) is 4.44. The van der Waals surface area contributed by atoms with Crippen LogP contribution in [-0.2, 0) is 4.79 Å². The van der Waals surface area contributed by atoms with Crippen molar-refractivity contribution in [3.63, 3.8) is 0 Å². The fourth-order valence-electron chi connectivity index (χ4n) is 3.42. The van der Waals surface area contributed by atoms with Gasteiger partial charge in [-0.1, -0.05) is 23.4 Å². The minimum absolute atomic E-state index is 0.0957. The molecule has 0 aliphatic carbocycles. The number of aryl methyl sites for hydroxylation is 1. The molecule has 0 radical (unpaired) electrons. The van der Waals surface area contributed by atoms with Crippen molar-refractivity contribution in [3.05, 3.63) is 76.5 Å². The summed E-state index contributed by atoms with van der Waals surface area (Å²) in [6.07, 6.45) is 3.15. The summed E-state index contributed by atoms with van der Waals surface area (Å²) in [7, 11) is 0. The van der Waals surface area contributed by atoms with E-state index in [9.17, 15) is 9.59 Å². The molecular weight excluding hydrogens is 420 g/mol. The summed E-state index contributed by atoms with van der Waals surface area (Å²) < 4.78 is 6.86. The van der Waals surface area contributed by atoms with Crippen LogP contribution in [0.25, 0.3) is 34.0 Å². The normalized spacial score (nSPS) is 13.0. The molecule has 3 aromatic heterocycles. The van der Waals surface area contributed by atoms with E-state index in [0.29, 0.717) is 34.1 Å². The van der Waals surface area contributed by atoms with Gasteiger partial charge in [-0.25, -0.2) is 4.98 Å². The second-order valence-corrected chi connectivity index (χ2v) is 7.92. The first kappa shape index (κ1) is 22.1. The van der Waals surface area contributed by atoms with Gasteiger partial charge in [0.1, 0.15) is 17.4 Å². The van der Waals surface area contributed by atoms with Crippen molar-refractivity contribution in [2.24, 2.45) is 11.5 Å². The number of pyridine rings is 1. The average molecular weight is 444 g/mol. The smallest absolute Gasteiger partial charge is 0.251 e. The van der Waals surface area contributed by atoms with Crippen LogP contribution in [0.4, 0.5) is 0 Å². The van der Waals surface area contributed by atoms with Gasteiger partial charge in [-0.05, 0) is 38.5 Å². The lowest BCUT2D eigenvalue weighted by atomic mass is 10.0. The number of carbonyl (C=O) groups is 1. The molecule has 0 aliphatic heterocycles. The van der Waals surface area contributed by atoms with E-state index >= 15 is 0 Å². The number of rotatable bonds is 6. The summed E-state index contributed by atoms with van der Waals surface area (Å²) >= 11 is 0. The Hall–Kier alpha value is -4.11. The number of amides is 1. The second kappa shape index (κ2) is 8.79. The summed E-state index contributed by atoms with van der Waals surface area (Å²) in [5.41, 5.74) is 15.9. The third-order valence-corrected chi connectivity index (χ3v) is 5.47. The molecule has 4 aromatic rings. The van der Waals surface area contributed by atoms with E-state index in [4.69, 9.17) is 21.0 Å². The number of carbonyl (C=O) groups excluding carboxylic acids is 1. The van der Waals surface area contributed by atoms with Gasteiger partial charge in [0, 0.05) is 35.5 Å². The largest absolute Gasteiger partial charge is 0.368 e.